The number of hydrogen-bond donors (Lipinski definition) is 4. The number of halogens is 3. The highest BCUT2D eigenvalue weighted by atomic mass is 19.4. The fourth-order valence-corrected chi connectivity index (χ4v) is 5.53. The van der Waals surface area contributed by atoms with Crippen molar-refractivity contribution >= 4 is 34.4 Å². The highest BCUT2D eigenvalue weighted by molar-refractivity contribution is 5.98. The Morgan fingerprint density at radius 2 is 1.74 bits per heavy atom. The van der Waals surface area contributed by atoms with Crippen LogP contribution in [0.3, 0.4) is 0 Å². The predicted molar refractivity (Wildman–Crippen MR) is 168 cm³/mol. The first-order valence-electron chi connectivity index (χ1n) is 15.2. The number of para-hydroxylation sites is 1. The van der Waals surface area contributed by atoms with Gasteiger partial charge in [-0.3, -0.25) is 14.4 Å². The van der Waals surface area contributed by atoms with E-state index in [1.54, 1.807) is 11.1 Å². The Morgan fingerprint density at radius 1 is 1.07 bits per heavy atom. The van der Waals surface area contributed by atoms with Crippen LogP contribution in [-0.4, -0.2) is 61.8 Å². The third-order valence-corrected chi connectivity index (χ3v) is 8.34. The van der Waals surface area contributed by atoms with Gasteiger partial charge >= 0.3 is 6.18 Å². The number of aromatic amines is 1. The van der Waals surface area contributed by atoms with Crippen molar-refractivity contribution in [2.45, 2.75) is 63.8 Å². The average molecular weight is 638 g/mol. The molecule has 5 N–H and O–H groups in total. The van der Waals surface area contributed by atoms with E-state index in [0.717, 1.165) is 41.4 Å². The Bertz CT molecular complexity index is 1700. The maximum Gasteiger partial charge on any atom is 0.416 e. The first-order valence-corrected chi connectivity index (χ1v) is 15.2. The molecule has 0 bridgehead atoms. The number of fused-ring (bicyclic) bond motifs is 1. The molecular formula is C33H38F3N7O3. The largest absolute Gasteiger partial charge is 0.416 e. The van der Waals surface area contributed by atoms with Crippen LogP contribution in [0.4, 0.5) is 19.0 Å². The number of aromatic nitrogens is 3. The molecule has 0 spiro atoms. The molecular weight excluding hydrogens is 599 g/mol. The molecule has 5 rings (SSSR count). The molecule has 2 aromatic carbocycles. The lowest BCUT2D eigenvalue weighted by Gasteiger charge is -2.33. The number of nitrogens with one attached hydrogen (secondary N) is 3. The number of carbonyl (C=O) groups excluding carboxylic acids is 3. The van der Waals surface area contributed by atoms with Gasteiger partial charge < -0.3 is 30.8 Å². The summed E-state index contributed by atoms with van der Waals surface area (Å²) in [5, 5.41) is 6.37. The van der Waals surface area contributed by atoms with Crippen molar-refractivity contribution in [2.24, 2.45) is 11.7 Å². The van der Waals surface area contributed by atoms with E-state index in [4.69, 9.17) is 5.73 Å². The zero-order valence-electron chi connectivity index (χ0n) is 25.9. The number of nitrogens with two attached hydrogens (primary N) is 1. The summed E-state index contributed by atoms with van der Waals surface area (Å²) in [5.74, 6) is -0.799. The van der Waals surface area contributed by atoms with Crippen LogP contribution < -0.4 is 16.4 Å². The Hall–Kier alpha value is -4.65. The van der Waals surface area contributed by atoms with E-state index in [1.807, 2.05) is 24.3 Å². The van der Waals surface area contributed by atoms with Gasteiger partial charge in [-0.2, -0.15) is 13.2 Å². The topological polar surface area (TPSA) is 138 Å². The van der Waals surface area contributed by atoms with E-state index >= 15 is 0 Å². The van der Waals surface area contributed by atoms with Crippen molar-refractivity contribution in [2.75, 3.05) is 18.4 Å². The number of imidazole rings is 1. The van der Waals surface area contributed by atoms with Crippen LogP contribution in [0.25, 0.3) is 10.9 Å². The monoisotopic (exact) mass is 637 g/mol. The van der Waals surface area contributed by atoms with E-state index in [1.165, 1.54) is 43.1 Å². The van der Waals surface area contributed by atoms with Crippen LogP contribution in [0.5, 0.6) is 0 Å². The number of hydrogen-bond acceptors (Lipinski definition) is 5. The number of H-pyrrole nitrogens is 1. The minimum absolute atomic E-state index is 0.104. The third kappa shape index (κ3) is 7.41. The first kappa shape index (κ1) is 32.7. The van der Waals surface area contributed by atoms with E-state index in [0.29, 0.717) is 24.6 Å². The molecule has 0 radical (unpaired) electrons. The van der Waals surface area contributed by atoms with Crippen LogP contribution in [-0.2, 0) is 27.0 Å². The molecule has 10 nitrogen and oxygen atoms in total. The summed E-state index contributed by atoms with van der Waals surface area (Å²) in [7, 11) is 0. The summed E-state index contributed by atoms with van der Waals surface area (Å²) >= 11 is 0. The molecule has 4 aromatic rings. The number of benzene rings is 2. The van der Waals surface area contributed by atoms with Crippen molar-refractivity contribution < 1.29 is 27.6 Å². The van der Waals surface area contributed by atoms with E-state index in [9.17, 15) is 27.6 Å². The fourth-order valence-electron chi connectivity index (χ4n) is 5.53. The Kier molecular flexibility index (Phi) is 9.24. The molecule has 1 unspecified atom stereocenters. The van der Waals surface area contributed by atoms with Crippen LogP contribution in [0.1, 0.15) is 56.3 Å². The third-order valence-electron chi connectivity index (χ3n) is 8.34. The number of alkyl halides is 3. The number of anilines is 1. The lowest BCUT2D eigenvalue weighted by atomic mass is 9.97. The molecule has 1 fully saturated rings. The van der Waals surface area contributed by atoms with Crippen molar-refractivity contribution in [3.05, 3.63) is 83.9 Å². The first-order chi connectivity index (χ1) is 21.7. The van der Waals surface area contributed by atoms with E-state index in [2.05, 4.69) is 27.5 Å². The van der Waals surface area contributed by atoms with Gasteiger partial charge in [-0.05, 0) is 61.9 Å². The molecule has 2 atom stereocenters. The van der Waals surface area contributed by atoms with Gasteiger partial charge in [0, 0.05) is 42.8 Å². The molecule has 1 saturated heterocycles. The van der Waals surface area contributed by atoms with Gasteiger partial charge in [-0.15, -0.1) is 0 Å². The van der Waals surface area contributed by atoms with Crippen LogP contribution in [0.2, 0.25) is 0 Å². The summed E-state index contributed by atoms with van der Waals surface area (Å²) < 4.78 is 41.4. The van der Waals surface area contributed by atoms with Gasteiger partial charge in [-0.25, -0.2) is 4.98 Å². The molecule has 2 aromatic heterocycles. The second kappa shape index (κ2) is 13.0. The predicted octanol–water partition coefficient (Wildman–Crippen LogP) is 4.63. The molecule has 0 aliphatic carbocycles. The molecule has 1 aliphatic heterocycles. The zero-order valence-corrected chi connectivity index (χ0v) is 25.9. The lowest BCUT2D eigenvalue weighted by molar-refractivity contribution is -0.137. The van der Waals surface area contributed by atoms with E-state index in [-0.39, 0.29) is 18.1 Å². The lowest BCUT2D eigenvalue weighted by Crippen LogP contribution is -2.55. The van der Waals surface area contributed by atoms with Gasteiger partial charge in [-0.1, -0.05) is 37.3 Å². The quantitative estimate of drug-likeness (QED) is 0.212. The van der Waals surface area contributed by atoms with Crippen LogP contribution in [0.15, 0.2) is 67.3 Å². The highest BCUT2D eigenvalue weighted by Crippen LogP contribution is 2.32. The summed E-state index contributed by atoms with van der Waals surface area (Å²) in [6.45, 7) is 6.24. The molecule has 244 valence electrons. The SMILES string of the molecule is CC1CCN(C(=O)C(c2ccc(C(F)(F)F)cc2)n2cnc(NC(=O)[C@@H](Cc3c[nH]c4ccccc34)NC(=O)C(C)(C)N)c2)CC1. The normalized spacial score (nSPS) is 15.8. The van der Waals surface area contributed by atoms with Crippen molar-refractivity contribution in [1.29, 1.82) is 0 Å². The Labute approximate surface area is 264 Å². The zero-order chi connectivity index (χ0) is 33.2. The van der Waals surface area contributed by atoms with Gasteiger partial charge in [0.25, 0.3) is 0 Å². The van der Waals surface area contributed by atoms with Crippen LogP contribution >= 0.6 is 0 Å². The Balaban J connectivity index is 1.41. The highest BCUT2D eigenvalue weighted by Gasteiger charge is 2.34. The number of piperidine rings is 1. The molecule has 3 amide bonds. The maximum absolute atomic E-state index is 13.8. The smallest absolute Gasteiger partial charge is 0.361 e. The van der Waals surface area contributed by atoms with Gasteiger partial charge in [0.2, 0.25) is 17.7 Å². The maximum atomic E-state index is 13.8. The number of nitrogens with zero attached hydrogens (tertiary/aromatic N) is 3. The second-order valence-corrected chi connectivity index (χ2v) is 12.5. The van der Waals surface area contributed by atoms with Gasteiger partial charge in [0.05, 0.1) is 17.4 Å². The fraction of sp³-hybridized carbons (Fsp3) is 0.394. The second-order valence-electron chi connectivity index (χ2n) is 12.5. The summed E-state index contributed by atoms with van der Waals surface area (Å²) in [5.41, 5.74) is 5.96. The van der Waals surface area contributed by atoms with Crippen molar-refractivity contribution in [3.8, 4) is 0 Å². The molecule has 13 heteroatoms. The van der Waals surface area contributed by atoms with Gasteiger partial charge in [0.15, 0.2) is 5.82 Å². The number of rotatable bonds is 9. The number of carbonyl (C=O) groups is 3. The van der Waals surface area contributed by atoms with Crippen molar-refractivity contribution in [3.63, 3.8) is 0 Å². The summed E-state index contributed by atoms with van der Waals surface area (Å²) in [6, 6.07) is 10.0. The molecule has 3 heterocycles. The minimum atomic E-state index is -4.52. The summed E-state index contributed by atoms with van der Waals surface area (Å²) in [6.07, 6.45) is 1.87. The number of amides is 3. The molecule has 0 saturated carbocycles. The summed E-state index contributed by atoms with van der Waals surface area (Å²) in [4.78, 5) is 49.5. The molecule has 1 aliphatic rings. The minimum Gasteiger partial charge on any atom is -0.361 e. The average Bonchev–Trinajstić information content (AvgIpc) is 3.63. The van der Waals surface area contributed by atoms with Gasteiger partial charge in [0.1, 0.15) is 12.1 Å². The van der Waals surface area contributed by atoms with E-state index < -0.39 is 41.2 Å². The standard InChI is InChI=1S/C33H38F3N7O3/c1-20-12-14-42(15-13-20)30(45)28(21-8-10-23(11-9-21)33(34,35)36)43-18-27(39-19-43)41-29(44)26(40-31(46)32(2,3)37)16-22-17-38-25-7-5-4-6-24(22)25/h4-11,17-20,26,28,38H,12-16,37H2,1-3H3,(H,40,46)(H,41,44)/t26-,28?/m1/s1. The van der Waals surface area contributed by atoms with Crippen molar-refractivity contribution in [1.82, 2.24) is 24.8 Å². The number of likely N-dealkylation sites (tertiary alicyclic amines) is 1. The van der Waals surface area contributed by atoms with Crippen LogP contribution in [0, 0.1) is 5.92 Å². The Morgan fingerprint density at radius 3 is 2.39 bits per heavy atom. The molecule has 46 heavy (non-hydrogen) atoms.